The second-order valence-corrected chi connectivity index (χ2v) is 5.18. The summed E-state index contributed by atoms with van der Waals surface area (Å²) in [5.74, 6) is -0.905. The zero-order valence-electron chi connectivity index (χ0n) is 13.1. The van der Waals surface area contributed by atoms with Crippen LogP contribution in [-0.4, -0.2) is 36.7 Å². The fourth-order valence-electron chi connectivity index (χ4n) is 1.42. The molecule has 1 N–H and O–H groups in total. The minimum absolute atomic E-state index is 0.0527. The molecule has 0 radical (unpaired) electrons. The second kappa shape index (κ2) is 9.53. The highest BCUT2D eigenvalue weighted by Gasteiger charge is 2.29. The molecule has 3 unspecified atom stereocenters. The van der Waals surface area contributed by atoms with E-state index >= 15 is 0 Å². The zero-order chi connectivity index (χ0) is 15.7. The van der Waals surface area contributed by atoms with Crippen LogP contribution in [0.4, 0.5) is 0 Å². The van der Waals surface area contributed by atoms with E-state index in [0.29, 0.717) is 0 Å². The van der Waals surface area contributed by atoms with Crippen LogP contribution in [0.25, 0.3) is 0 Å². The van der Waals surface area contributed by atoms with Crippen LogP contribution in [-0.2, 0) is 19.1 Å². The van der Waals surface area contributed by atoms with Crippen molar-refractivity contribution in [1.29, 1.82) is 0 Å². The Bertz CT molecular complexity index is 328. The van der Waals surface area contributed by atoms with E-state index in [0.717, 1.165) is 6.42 Å². The molecule has 5 heteroatoms. The van der Waals surface area contributed by atoms with E-state index in [1.54, 1.807) is 13.0 Å². The van der Waals surface area contributed by atoms with Crippen molar-refractivity contribution in [2.75, 3.05) is 6.61 Å². The lowest BCUT2D eigenvalue weighted by Gasteiger charge is -2.24. The van der Waals surface area contributed by atoms with Gasteiger partial charge in [-0.3, -0.25) is 4.79 Å². The summed E-state index contributed by atoms with van der Waals surface area (Å²) in [7, 11) is 0. The molecule has 0 aliphatic carbocycles. The Labute approximate surface area is 121 Å². The first-order chi connectivity index (χ1) is 9.33. The van der Waals surface area contributed by atoms with Gasteiger partial charge in [-0.1, -0.05) is 26.8 Å². The fraction of sp³-hybridized carbons (Fsp3) is 0.733. The van der Waals surface area contributed by atoms with Crippen LogP contribution in [0.15, 0.2) is 12.7 Å². The number of carbonyl (C=O) groups excluding carboxylic acids is 2. The monoisotopic (exact) mass is 285 g/mol. The van der Waals surface area contributed by atoms with Crippen LogP contribution >= 0.6 is 0 Å². The third-order valence-electron chi connectivity index (χ3n) is 2.90. The van der Waals surface area contributed by atoms with Gasteiger partial charge in [0.05, 0.1) is 6.61 Å². The lowest BCUT2D eigenvalue weighted by atomic mass is 10.1. The van der Waals surface area contributed by atoms with Crippen LogP contribution in [0.5, 0.6) is 0 Å². The van der Waals surface area contributed by atoms with Gasteiger partial charge in [0.1, 0.15) is 0 Å². The standard InChI is InChI=1S/C15H27NO4/c1-7-9-19-12(6)15(18)20-13(10(3)4)14(17)16-11(5)8-2/h7,10-13H,1,8-9H2,2-6H3,(H,16,17). The summed E-state index contributed by atoms with van der Waals surface area (Å²) >= 11 is 0. The Hall–Kier alpha value is -1.36. The lowest BCUT2D eigenvalue weighted by Crippen LogP contribution is -2.45. The molecule has 0 saturated carbocycles. The molecular weight excluding hydrogens is 258 g/mol. The Morgan fingerprint density at radius 1 is 1.25 bits per heavy atom. The van der Waals surface area contributed by atoms with E-state index in [-0.39, 0.29) is 24.5 Å². The summed E-state index contributed by atoms with van der Waals surface area (Å²) in [6.45, 7) is 12.9. The highest BCUT2D eigenvalue weighted by molar-refractivity contribution is 5.85. The van der Waals surface area contributed by atoms with Gasteiger partial charge in [0, 0.05) is 6.04 Å². The fourth-order valence-corrected chi connectivity index (χ4v) is 1.42. The number of hydrogen-bond donors (Lipinski definition) is 1. The first kappa shape index (κ1) is 18.6. The molecule has 0 saturated heterocycles. The molecule has 3 atom stereocenters. The Morgan fingerprint density at radius 3 is 2.30 bits per heavy atom. The summed E-state index contributed by atoms with van der Waals surface area (Å²) < 4.78 is 10.5. The number of ether oxygens (including phenoxy) is 2. The van der Waals surface area contributed by atoms with Gasteiger partial charge in [-0.25, -0.2) is 4.79 Å². The van der Waals surface area contributed by atoms with Crippen molar-refractivity contribution >= 4 is 11.9 Å². The van der Waals surface area contributed by atoms with Gasteiger partial charge in [-0.2, -0.15) is 0 Å². The average Bonchev–Trinajstić information content (AvgIpc) is 2.40. The number of nitrogens with one attached hydrogen (secondary N) is 1. The van der Waals surface area contributed by atoms with Crippen LogP contribution in [0.2, 0.25) is 0 Å². The van der Waals surface area contributed by atoms with Crippen molar-refractivity contribution in [3.8, 4) is 0 Å². The second-order valence-electron chi connectivity index (χ2n) is 5.18. The topological polar surface area (TPSA) is 64.6 Å². The Morgan fingerprint density at radius 2 is 1.85 bits per heavy atom. The van der Waals surface area contributed by atoms with Crippen molar-refractivity contribution in [3.63, 3.8) is 0 Å². The maximum absolute atomic E-state index is 12.1. The summed E-state index contributed by atoms with van der Waals surface area (Å²) in [6, 6.07) is 0.0527. The van der Waals surface area contributed by atoms with Crippen LogP contribution in [0.1, 0.15) is 41.0 Å². The number of amides is 1. The largest absolute Gasteiger partial charge is 0.450 e. The Kier molecular flexibility index (Phi) is 8.88. The molecule has 5 nitrogen and oxygen atoms in total. The summed E-state index contributed by atoms with van der Waals surface area (Å²) in [5, 5.41) is 2.83. The minimum Gasteiger partial charge on any atom is -0.450 e. The van der Waals surface area contributed by atoms with Crippen molar-refractivity contribution in [3.05, 3.63) is 12.7 Å². The molecule has 20 heavy (non-hydrogen) atoms. The average molecular weight is 285 g/mol. The normalized spacial score (nSPS) is 15.3. The van der Waals surface area contributed by atoms with Crippen molar-refractivity contribution in [1.82, 2.24) is 5.32 Å². The molecule has 116 valence electrons. The maximum Gasteiger partial charge on any atom is 0.335 e. The molecule has 1 amide bonds. The third-order valence-corrected chi connectivity index (χ3v) is 2.90. The number of hydrogen-bond acceptors (Lipinski definition) is 4. The van der Waals surface area contributed by atoms with Crippen molar-refractivity contribution in [2.45, 2.75) is 59.3 Å². The van der Waals surface area contributed by atoms with E-state index in [1.165, 1.54) is 0 Å². The van der Waals surface area contributed by atoms with Crippen LogP contribution in [0, 0.1) is 5.92 Å². The van der Waals surface area contributed by atoms with E-state index < -0.39 is 18.2 Å². The SMILES string of the molecule is C=CCOC(C)C(=O)OC(C(=O)NC(C)CC)C(C)C. The first-order valence-electron chi connectivity index (χ1n) is 7.06. The van der Waals surface area contributed by atoms with Crippen LogP contribution in [0.3, 0.4) is 0 Å². The first-order valence-corrected chi connectivity index (χ1v) is 7.06. The molecule has 0 aliphatic rings. The smallest absolute Gasteiger partial charge is 0.335 e. The van der Waals surface area contributed by atoms with E-state index in [1.807, 2.05) is 27.7 Å². The van der Waals surface area contributed by atoms with Crippen molar-refractivity contribution in [2.24, 2.45) is 5.92 Å². The highest BCUT2D eigenvalue weighted by Crippen LogP contribution is 2.10. The van der Waals surface area contributed by atoms with Gasteiger partial charge in [0.15, 0.2) is 12.2 Å². The third kappa shape index (κ3) is 6.70. The molecule has 0 bridgehead atoms. The molecular formula is C15H27NO4. The minimum atomic E-state index is -0.800. The summed E-state index contributed by atoms with van der Waals surface area (Å²) in [6.07, 6.45) is 0.861. The quantitative estimate of drug-likeness (QED) is 0.520. The van der Waals surface area contributed by atoms with E-state index in [4.69, 9.17) is 9.47 Å². The van der Waals surface area contributed by atoms with Gasteiger partial charge < -0.3 is 14.8 Å². The molecule has 0 aromatic carbocycles. The lowest BCUT2D eigenvalue weighted by molar-refractivity contribution is -0.168. The van der Waals surface area contributed by atoms with Gasteiger partial charge in [0.25, 0.3) is 5.91 Å². The highest BCUT2D eigenvalue weighted by atomic mass is 16.6. The van der Waals surface area contributed by atoms with E-state index in [2.05, 4.69) is 11.9 Å². The van der Waals surface area contributed by atoms with Gasteiger partial charge >= 0.3 is 5.97 Å². The number of carbonyl (C=O) groups is 2. The number of rotatable bonds is 9. The Balaban J connectivity index is 4.57. The molecule has 0 fully saturated rings. The molecule has 0 aromatic heterocycles. The molecule has 0 aliphatic heterocycles. The summed E-state index contributed by atoms with van der Waals surface area (Å²) in [5.41, 5.74) is 0. The van der Waals surface area contributed by atoms with Crippen molar-refractivity contribution < 1.29 is 19.1 Å². The van der Waals surface area contributed by atoms with E-state index in [9.17, 15) is 9.59 Å². The number of esters is 1. The van der Waals surface area contributed by atoms with Gasteiger partial charge in [-0.05, 0) is 26.2 Å². The van der Waals surface area contributed by atoms with Gasteiger partial charge in [-0.15, -0.1) is 6.58 Å². The maximum atomic E-state index is 12.1. The zero-order valence-corrected chi connectivity index (χ0v) is 13.1. The molecule has 0 heterocycles. The predicted molar refractivity (Wildman–Crippen MR) is 78.2 cm³/mol. The van der Waals surface area contributed by atoms with Crippen LogP contribution < -0.4 is 5.32 Å². The van der Waals surface area contributed by atoms with Gasteiger partial charge in [0.2, 0.25) is 0 Å². The summed E-state index contributed by atoms with van der Waals surface area (Å²) in [4.78, 5) is 23.9. The molecule has 0 spiro atoms. The predicted octanol–water partition coefficient (Wildman–Crippen LogP) is 2.06. The molecule has 0 aromatic rings. The molecule has 0 rings (SSSR count).